The number of nitrogens with zero attached hydrogens (tertiary/aromatic N) is 1. The Morgan fingerprint density at radius 2 is 2.35 bits per heavy atom. The summed E-state index contributed by atoms with van der Waals surface area (Å²) in [5, 5.41) is 6.13. The number of hydrogen-bond donors (Lipinski definition) is 2. The molecule has 108 valence electrons. The van der Waals surface area contributed by atoms with Crippen LogP contribution in [0, 0.1) is 0 Å². The number of fused-ring (bicyclic) bond motifs is 1. The summed E-state index contributed by atoms with van der Waals surface area (Å²) in [6.45, 7) is 4.59. The van der Waals surface area contributed by atoms with E-state index in [-0.39, 0.29) is 12.0 Å². The van der Waals surface area contributed by atoms with Gasteiger partial charge in [-0.05, 0) is 18.1 Å². The van der Waals surface area contributed by atoms with Crippen LogP contribution in [-0.2, 0) is 16.0 Å². The van der Waals surface area contributed by atoms with Crippen LogP contribution in [0.4, 0.5) is 5.69 Å². The van der Waals surface area contributed by atoms with Gasteiger partial charge in [0.15, 0.2) is 0 Å². The molecule has 1 unspecified atom stereocenters. The number of carbonyl (C=O) groups excluding carboxylic acids is 1. The van der Waals surface area contributed by atoms with Gasteiger partial charge < -0.3 is 20.3 Å². The van der Waals surface area contributed by atoms with Crippen LogP contribution >= 0.6 is 0 Å². The fraction of sp³-hybridized carbons (Fsp3) is 0.533. The monoisotopic (exact) mass is 275 g/mol. The molecule has 5 nitrogen and oxygen atoms in total. The summed E-state index contributed by atoms with van der Waals surface area (Å²) in [5.41, 5.74) is 2.70. The van der Waals surface area contributed by atoms with Crippen LogP contribution in [0.15, 0.2) is 24.3 Å². The summed E-state index contributed by atoms with van der Waals surface area (Å²) < 4.78 is 5.43. The molecule has 1 aromatic rings. The maximum atomic E-state index is 11.9. The molecular weight excluding hydrogens is 254 g/mol. The highest BCUT2D eigenvalue weighted by molar-refractivity contribution is 5.81. The van der Waals surface area contributed by atoms with Crippen LogP contribution in [0.1, 0.15) is 5.56 Å². The van der Waals surface area contributed by atoms with Gasteiger partial charge in [0.2, 0.25) is 0 Å². The summed E-state index contributed by atoms with van der Waals surface area (Å²) in [6.07, 6.45) is 0.759. The molecule has 1 saturated heterocycles. The zero-order chi connectivity index (χ0) is 13.8. The van der Waals surface area contributed by atoms with Crippen molar-refractivity contribution in [1.29, 1.82) is 0 Å². The fourth-order valence-corrected chi connectivity index (χ4v) is 2.80. The molecule has 1 atom stereocenters. The number of anilines is 1. The van der Waals surface area contributed by atoms with Gasteiger partial charge in [0, 0.05) is 38.4 Å². The zero-order valence-corrected chi connectivity index (χ0v) is 11.6. The van der Waals surface area contributed by atoms with Gasteiger partial charge in [0.25, 0.3) is 5.91 Å². The molecule has 2 N–H and O–H groups in total. The third-order valence-electron chi connectivity index (χ3n) is 3.88. The van der Waals surface area contributed by atoms with Crippen molar-refractivity contribution in [2.45, 2.75) is 12.5 Å². The topological polar surface area (TPSA) is 53.6 Å². The van der Waals surface area contributed by atoms with Gasteiger partial charge >= 0.3 is 0 Å². The van der Waals surface area contributed by atoms with Crippen LogP contribution < -0.4 is 15.5 Å². The highest BCUT2D eigenvalue weighted by atomic mass is 16.5. The summed E-state index contributed by atoms with van der Waals surface area (Å²) in [6, 6.07) is 8.47. The van der Waals surface area contributed by atoms with Gasteiger partial charge in [-0.15, -0.1) is 0 Å². The molecule has 5 heteroatoms. The summed E-state index contributed by atoms with van der Waals surface area (Å²) >= 11 is 0. The van der Waals surface area contributed by atoms with Gasteiger partial charge in [-0.2, -0.15) is 0 Å². The summed E-state index contributed by atoms with van der Waals surface area (Å²) in [4.78, 5) is 14.3. The van der Waals surface area contributed by atoms with Crippen LogP contribution in [-0.4, -0.2) is 51.3 Å². The second-order valence-electron chi connectivity index (χ2n) is 5.22. The van der Waals surface area contributed by atoms with Crippen molar-refractivity contribution in [3.63, 3.8) is 0 Å². The molecule has 0 bridgehead atoms. The first-order valence-electron chi connectivity index (χ1n) is 7.27. The van der Waals surface area contributed by atoms with Crippen molar-refractivity contribution in [2.75, 3.05) is 44.2 Å². The number of para-hydroxylation sites is 1. The lowest BCUT2D eigenvalue weighted by molar-refractivity contribution is -0.134. The molecular formula is C15H21N3O2. The summed E-state index contributed by atoms with van der Waals surface area (Å²) in [7, 11) is 0. The average molecular weight is 275 g/mol. The average Bonchev–Trinajstić information content (AvgIpc) is 2.92. The van der Waals surface area contributed by atoms with Crippen LogP contribution in [0.2, 0.25) is 0 Å². The predicted octanol–water partition coefficient (Wildman–Crippen LogP) is 0.154. The minimum absolute atomic E-state index is 0.00955. The van der Waals surface area contributed by atoms with E-state index in [0.717, 1.165) is 26.1 Å². The first kappa shape index (κ1) is 13.4. The van der Waals surface area contributed by atoms with E-state index in [9.17, 15) is 4.79 Å². The molecule has 2 aliphatic rings. The van der Waals surface area contributed by atoms with E-state index < -0.39 is 0 Å². The molecule has 2 aliphatic heterocycles. The number of morpholine rings is 1. The Balaban J connectivity index is 1.45. The first-order chi connectivity index (χ1) is 9.84. The molecule has 20 heavy (non-hydrogen) atoms. The number of rotatable bonds is 4. The van der Waals surface area contributed by atoms with Crippen molar-refractivity contribution in [3.05, 3.63) is 29.8 Å². The fourth-order valence-electron chi connectivity index (χ4n) is 2.80. The maximum absolute atomic E-state index is 11.9. The molecule has 0 aromatic heterocycles. The molecule has 1 fully saturated rings. The molecule has 0 radical (unpaired) electrons. The number of carbonyl (C=O) groups is 1. The number of benzene rings is 1. The molecule has 2 heterocycles. The lowest BCUT2D eigenvalue weighted by Gasteiger charge is -2.24. The van der Waals surface area contributed by atoms with Crippen molar-refractivity contribution >= 4 is 11.6 Å². The number of nitrogens with one attached hydrogen (secondary N) is 2. The van der Waals surface area contributed by atoms with E-state index in [1.54, 1.807) is 0 Å². The Bertz CT molecular complexity index is 472. The van der Waals surface area contributed by atoms with Gasteiger partial charge in [-0.25, -0.2) is 0 Å². The minimum atomic E-state index is -0.338. The predicted molar refractivity (Wildman–Crippen MR) is 78.0 cm³/mol. The molecule has 0 saturated carbocycles. The number of amides is 1. The van der Waals surface area contributed by atoms with Crippen LogP contribution in [0.5, 0.6) is 0 Å². The molecule has 1 amide bonds. The molecule has 0 aliphatic carbocycles. The molecule has 3 rings (SSSR count). The van der Waals surface area contributed by atoms with E-state index >= 15 is 0 Å². The normalized spacial score (nSPS) is 21.6. The Hall–Kier alpha value is -1.59. The van der Waals surface area contributed by atoms with Crippen molar-refractivity contribution in [1.82, 2.24) is 10.6 Å². The van der Waals surface area contributed by atoms with E-state index in [1.807, 2.05) is 0 Å². The van der Waals surface area contributed by atoms with Gasteiger partial charge in [-0.3, -0.25) is 4.79 Å². The quantitative estimate of drug-likeness (QED) is 0.821. The van der Waals surface area contributed by atoms with Crippen molar-refractivity contribution < 1.29 is 9.53 Å². The highest BCUT2D eigenvalue weighted by Gasteiger charge is 2.22. The highest BCUT2D eigenvalue weighted by Crippen LogP contribution is 2.26. The Morgan fingerprint density at radius 3 is 3.20 bits per heavy atom. The second kappa shape index (κ2) is 6.24. The van der Waals surface area contributed by atoms with Gasteiger partial charge in [0.1, 0.15) is 6.10 Å². The third kappa shape index (κ3) is 2.94. The second-order valence-corrected chi connectivity index (χ2v) is 5.22. The maximum Gasteiger partial charge on any atom is 0.250 e. The number of hydrogen-bond acceptors (Lipinski definition) is 4. The Kier molecular flexibility index (Phi) is 4.18. The molecule has 0 spiro atoms. The third-order valence-corrected chi connectivity index (χ3v) is 3.88. The smallest absolute Gasteiger partial charge is 0.250 e. The SMILES string of the molecule is O=C(NCCN1CCc2ccccc21)C1CNCCO1. The van der Waals surface area contributed by atoms with Crippen LogP contribution in [0.3, 0.4) is 0 Å². The first-order valence-corrected chi connectivity index (χ1v) is 7.27. The Morgan fingerprint density at radius 1 is 1.45 bits per heavy atom. The van der Waals surface area contributed by atoms with E-state index in [4.69, 9.17) is 4.74 Å². The van der Waals surface area contributed by atoms with Gasteiger partial charge in [0.05, 0.1) is 6.61 Å². The van der Waals surface area contributed by atoms with Crippen LogP contribution in [0.25, 0.3) is 0 Å². The van der Waals surface area contributed by atoms with E-state index in [0.29, 0.717) is 19.7 Å². The van der Waals surface area contributed by atoms with Crippen molar-refractivity contribution in [2.24, 2.45) is 0 Å². The standard InChI is InChI=1S/C15H21N3O2/c19-15(14-11-16-7-10-20-14)17-6-9-18-8-5-12-3-1-2-4-13(12)18/h1-4,14,16H,5-11H2,(H,17,19). The Labute approximate surface area is 119 Å². The van der Waals surface area contributed by atoms with E-state index in [2.05, 4.69) is 39.8 Å². The van der Waals surface area contributed by atoms with Gasteiger partial charge in [-0.1, -0.05) is 18.2 Å². The number of ether oxygens (including phenoxy) is 1. The largest absolute Gasteiger partial charge is 0.369 e. The summed E-state index contributed by atoms with van der Waals surface area (Å²) in [5.74, 6) is -0.00955. The lowest BCUT2D eigenvalue weighted by atomic mass is 10.2. The molecule has 1 aromatic carbocycles. The minimum Gasteiger partial charge on any atom is -0.369 e. The zero-order valence-electron chi connectivity index (χ0n) is 11.6. The van der Waals surface area contributed by atoms with Crippen molar-refractivity contribution in [3.8, 4) is 0 Å². The lowest BCUT2D eigenvalue weighted by Crippen LogP contribution is -2.49. The van der Waals surface area contributed by atoms with E-state index in [1.165, 1.54) is 11.3 Å².